The van der Waals surface area contributed by atoms with Crippen molar-refractivity contribution in [3.8, 4) is 5.75 Å². The van der Waals surface area contributed by atoms with E-state index in [4.69, 9.17) is 4.52 Å². The molecule has 200 valence electrons. The molecule has 0 spiro atoms. The highest BCUT2D eigenvalue weighted by Gasteiger charge is 2.56. The molecule has 1 heterocycles. The SMILES string of the molecule is CC(C)CC[C@@H]1Cc2cc(OP(=O)(O)N3CCC[C@H]3C(=O)O)ccc2C2CC[C@]3(C)[C@@H](O)CC[C@H]3[C@@H]21. The molecule has 0 amide bonds. The summed E-state index contributed by atoms with van der Waals surface area (Å²) < 4.78 is 19.9. The fourth-order valence-corrected chi connectivity index (χ4v) is 9.57. The molecular formula is C28H42NO6P. The average molecular weight is 520 g/mol. The van der Waals surface area contributed by atoms with Crippen LogP contribution in [0.3, 0.4) is 0 Å². The van der Waals surface area contributed by atoms with E-state index in [1.165, 1.54) is 17.5 Å². The van der Waals surface area contributed by atoms with Crippen LogP contribution in [-0.4, -0.2) is 44.4 Å². The van der Waals surface area contributed by atoms with E-state index in [1.807, 2.05) is 6.07 Å². The Hall–Kier alpha value is -1.40. The number of rotatable bonds is 7. The lowest BCUT2D eigenvalue weighted by Crippen LogP contribution is -2.47. The third-order valence-corrected chi connectivity index (χ3v) is 11.6. The summed E-state index contributed by atoms with van der Waals surface area (Å²) >= 11 is 0. The van der Waals surface area contributed by atoms with Crippen molar-refractivity contribution >= 4 is 13.7 Å². The zero-order chi connectivity index (χ0) is 25.8. The van der Waals surface area contributed by atoms with Gasteiger partial charge in [-0.1, -0.05) is 33.3 Å². The lowest BCUT2D eigenvalue weighted by atomic mass is 9.52. The first kappa shape index (κ1) is 26.2. The summed E-state index contributed by atoms with van der Waals surface area (Å²) in [6.07, 6.45) is 8.04. The molecular weight excluding hydrogens is 477 g/mol. The molecule has 2 unspecified atom stereocenters. The number of hydrogen-bond donors (Lipinski definition) is 3. The molecule has 5 rings (SSSR count). The first-order valence-electron chi connectivity index (χ1n) is 13.8. The number of carboxylic acid groups (broad SMARTS) is 1. The molecule has 1 aromatic carbocycles. The minimum atomic E-state index is -4.28. The molecule has 3 fully saturated rings. The lowest BCUT2D eigenvalue weighted by Gasteiger charge is -2.53. The number of aliphatic carboxylic acids is 1. The second-order valence-corrected chi connectivity index (χ2v) is 14.1. The van der Waals surface area contributed by atoms with Gasteiger partial charge >= 0.3 is 13.7 Å². The summed E-state index contributed by atoms with van der Waals surface area (Å²) in [5, 5.41) is 20.3. The summed E-state index contributed by atoms with van der Waals surface area (Å²) in [6.45, 7) is 7.08. The maximum Gasteiger partial charge on any atom is 0.459 e. The van der Waals surface area contributed by atoms with Gasteiger partial charge in [-0.25, -0.2) is 4.57 Å². The number of hydrogen-bond acceptors (Lipinski definition) is 4. The maximum atomic E-state index is 13.1. The normalized spacial score (nSPS) is 37.7. The van der Waals surface area contributed by atoms with Gasteiger partial charge in [0.25, 0.3) is 0 Å². The molecule has 36 heavy (non-hydrogen) atoms. The number of carbonyl (C=O) groups is 1. The third kappa shape index (κ3) is 4.55. The van der Waals surface area contributed by atoms with E-state index in [2.05, 4.69) is 26.8 Å². The summed E-state index contributed by atoms with van der Waals surface area (Å²) in [4.78, 5) is 22.3. The van der Waals surface area contributed by atoms with E-state index in [1.54, 1.807) is 6.07 Å². The third-order valence-electron chi connectivity index (χ3n) is 10.00. The van der Waals surface area contributed by atoms with Crippen molar-refractivity contribution < 1.29 is 29.0 Å². The van der Waals surface area contributed by atoms with Crippen molar-refractivity contribution in [3.05, 3.63) is 29.3 Å². The van der Waals surface area contributed by atoms with E-state index in [9.17, 15) is 24.5 Å². The van der Waals surface area contributed by atoms with Gasteiger partial charge in [0.1, 0.15) is 11.8 Å². The van der Waals surface area contributed by atoms with Gasteiger partial charge in [-0.3, -0.25) is 4.79 Å². The van der Waals surface area contributed by atoms with Gasteiger partial charge < -0.3 is 19.6 Å². The number of benzene rings is 1. The summed E-state index contributed by atoms with van der Waals surface area (Å²) in [6, 6.07) is 4.81. The van der Waals surface area contributed by atoms with E-state index in [0.717, 1.165) is 43.2 Å². The number of nitrogens with zero attached hydrogens (tertiary/aromatic N) is 1. The molecule has 1 saturated heterocycles. The number of fused-ring (bicyclic) bond motifs is 5. The lowest BCUT2D eigenvalue weighted by molar-refractivity contribution is -0.141. The van der Waals surface area contributed by atoms with Crippen molar-refractivity contribution in [2.45, 2.75) is 96.6 Å². The van der Waals surface area contributed by atoms with Crippen LogP contribution in [0.5, 0.6) is 5.75 Å². The fraction of sp³-hybridized carbons (Fsp3) is 0.750. The molecule has 0 aromatic heterocycles. The molecule has 8 heteroatoms. The Labute approximate surface area is 214 Å². The van der Waals surface area contributed by atoms with Crippen LogP contribution < -0.4 is 4.52 Å². The Balaban J connectivity index is 1.43. The molecule has 1 aliphatic heterocycles. The van der Waals surface area contributed by atoms with Gasteiger partial charge in [0.2, 0.25) is 0 Å². The van der Waals surface area contributed by atoms with Gasteiger partial charge in [0.05, 0.1) is 6.10 Å². The second-order valence-electron chi connectivity index (χ2n) is 12.5. The molecule has 4 aliphatic rings. The molecule has 7 nitrogen and oxygen atoms in total. The maximum absolute atomic E-state index is 13.1. The van der Waals surface area contributed by atoms with E-state index in [0.29, 0.717) is 48.2 Å². The molecule has 1 aromatic rings. The zero-order valence-corrected chi connectivity index (χ0v) is 22.7. The highest BCUT2D eigenvalue weighted by molar-refractivity contribution is 7.50. The van der Waals surface area contributed by atoms with Crippen LogP contribution in [0.25, 0.3) is 0 Å². The van der Waals surface area contributed by atoms with Gasteiger partial charge in [0, 0.05) is 6.54 Å². The molecule has 0 radical (unpaired) electrons. The van der Waals surface area contributed by atoms with E-state index < -0.39 is 19.8 Å². The van der Waals surface area contributed by atoms with Gasteiger partial charge in [-0.15, -0.1) is 0 Å². The zero-order valence-electron chi connectivity index (χ0n) is 21.8. The topological polar surface area (TPSA) is 107 Å². The minimum Gasteiger partial charge on any atom is -0.480 e. The molecule has 3 aliphatic carbocycles. The molecule has 3 N–H and O–H groups in total. The first-order chi connectivity index (χ1) is 17.0. The Morgan fingerprint density at radius 2 is 2.03 bits per heavy atom. The largest absolute Gasteiger partial charge is 0.480 e. The van der Waals surface area contributed by atoms with Crippen molar-refractivity contribution in [2.24, 2.45) is 29.1 Å². The van der Waals surface area contributed by atoms with Crippen LogP contribution >= 0.6 is 7.75 Å². The summed E-state index contributed by atoms with van der Waals surface area (Å²) in [5.41, 5.74) is 2.53. The quantitative estimate of drug-likeness (QED) is 0.403. The van der Waals surface area contributed by atoms with E-state index >= 15 is 0 Å². The second kappa shape index (κ2) is 9.72. The van der Waals surface area contributed by atoms with Crippen molar-refractivity contribution in [1.29, 1.82) is 0 Å². The van der Waals surface area contributed by atoms with Crippen LogP contribution in [0.15, 0.2) is 18.2 Å². The Morgan fingerprint density at radius 3 is 2.75 bits per heavy atom. The van der Waals surface area contributed by atoms with Gasteiger partial charge in [-0.2, -0.15) is 4.67 Å². The van der Waals surface area contributed by atoms with Gasteiger partial charge in [0.15, 0.2) is 0 Å². The summed E-state index contributed by atoms with van der Waals surface area (Å²) in [5.74, 6) is 1.94. The Morgan fingerprint density at radius 1 is 1.25 bits per heavy atom. The van der Waals surface area contributed by atoms with E-state index in [-0.39, 0.29) is 18.1 Å². The van der Waals surface area contributed by atoms with Crippen LogP contribution in [0.1, 0.15) is 89.2 Å². The van der Waals surface area contributed by atoms with Crippen LogP contribution in [0.2, 0.25) is 0 Å². The van der Waals surface area contributed by atoms with Crippen LogP contribution in [-0.2, 0) is 15.8 Å². The van der Waals surface area contributed by atoms with Crippen LogP contribution in [0, 0.1) is 29.1 Å². The monoisotopic (exact) mass is 519 g/mol. The Bertz CT molecular complexity index is 1040. The fourth-order valence-electron chi connectivity index (χ4n) is 8.12. The first-order valence-corrected chi connectivity index (χ1v) is 15.4. The molecule has 2 saturated carbocycles. The predicted molar refractivity (Wildman–Crippen MR) is 138 cm³/mol. The number of carboxylic acids is 1. The number of aliphatic hydroxyl groups excluding tert-OH is 1. The van der Waals surface area contributed by atoms with Crippen molar-refractivity contribution in [1.82, 2.24) is 4.67 Å². The standard InChI is InChI=1S/C28H42NO6P/c1-17(2)6-7-18-15-19-16-20(35-36(33,34)29-14-4-5-24(29)27(31)32)8-9-21(19)22-12-13-28(3)23(26(18)22)10-11-25(28)30/h8-9,16-18,22-26,30H,4-7,10-15H2,1-3H3,(H,31,32)(H,33,34)/t18-,22?,23+,24+,25+,26-,28+/m1/s1. The van der Waals surface area contributed by atoms with Crippen LogP contribution in [0.4, 0.5) is 0 Å². The molecule has 8 atom stereocenters. The average Bonchev–Trinajstić information content (AvgIpc) is 3.43. The van der Waals surface area contributed by atoms with Gasteiger partial charge in [-0.05, 0) is 110 Å². The highest BCUT2D eigenvalue weighted by Crippen LogP contribution is 2.63. The predicted octanol–water partition coefficient (Wildman–Crippen LogP) is 5.59. The molecule has 0 bridgehead atoms. The minimum absolute atomic E-state index is 0.0116. The highest BCUT2D eigenvalue weighted by atomic mass is 31.2. The van der Waals surface area contributed by atoms with Crippen molar-refractivity contribution in [3.63, 3.8) is 0 Å². The Kier molecular flexibility index (Phi) is 7.08. The van der Waals surface area contributed by atoms with Crippen molar-refractivity contribution in [2.75, 3.05) is 6.54 Å². The number of aliphatic hydroxyl groups is 1. The summed E-state index contributed by atoms with van der Waals surface area (Å²) in [7, 11) is -4.28. The smallest absolute Gasteiger partial charge is 0.459 e.